The molecule has 122 valence electrons. The molecule has 4 rings (SSSR count). The third-order valence-electron chi connectivity index (χ3n) is 4.57. The average molecular weight is 326 g/mol. The van der Waals surface area contributed by atoms with E-state index in [2.05, 4.69) is 108 Å². The molecule has 2 nitrogen and oxygen atoms in total. The van der Waals surface area contributed by atoms with Crippen LogP contribution >= 0.6 is 0 Å². The summed E-state index contributed by atoms with van der Waals surface area (Å²) in [5.74, 6) is 0. The van der Waals surface area contributed by atoms with Gasteiger partial charge in [-0.3, -0.25) is 4.90 Å². The SMILES string of the molecule is C1=C[NH+](C[n+]2ccc(-c3ccccc3)cc2)CC=C1c1ccccc1. The van der Waals surface area contributed by atoms with Crippen molar-refractivity contribution < 1.29 is 9.47 Å². The summed E-state index contributed by atoms with van der Waals surface area (Å²) >= 11 is 0. The standard InChI is InChI=1S/C23H21N2/c1-3-7-20(8-4-1)22-11-15-24(16-12-22)19-25-17-13-23(14-18-25)21-9-5-2-6-10-21/h1-17H,18-19H2/q+1/p+1. The van der Waals surface area contributed by atoms with Gasteiger partial charge in [0.2, 0.25) is 0 Å². The number of hydrogen-bond donors (Lipinski definition) is 1. The molecule has 0 fully saturated rings. The van der Waals surface area contributed by atoms with E-state index in [-0.39, 0.29) is 0 Å². The highest BCUT2D eigenvalue weighted by Crippen LogP contribution is 2.17. The Hall–Kier alpha value is -2.97. The molecule has 0 amide bonds. The van der Waals surface area contributed by atoms with E-state index in [0.29, 0.717) is 0 Å². The van der Waals surface area contributed by atoms with Crippen molar-refractivity contribution >= 4 is 5.57 Å². The molecule has 1 unspecified atom stereocenters. The zero-order chi connectivity index (χ0) is 16.9. The number of nitrogens with zero attached hydrogens (tertiary/aromatic N) is 1. The Balaban J connectivity index is 1.41. The molecule has 0 aliphatic carbocycles. The summed E-state index contributed by atoms with van der Waals surface area (Å²) in [5, 5.41) is 0. The molecular formula is C23H22N2+2. The third kappa shape index (κ3) is 3.76. The Labute approximate surface area is 149 Å². The predicted octanol–water partition coefficient (Wildman–Crippen LogP) is 3.09. The van der Waals surface area contributed by atoms with Gasteiger partial charge >= 0.3 is 0 Å². The van der Waals surface area contributed by atoms with Gasteiger partial charge in [0.25, 0.3) is 6.67 Å². The van der Waals surface area contributed by atoms with Crippen molar-refractivity contribution in [2.24, 2.45) is 0 Å². The summed E-state index contributed by atoms with van der Waals surface area (Å²) in [5.41, 5.74) is 5.12. The lowest BCUT2D eigenvalue weighted by atomic mass is 10.0. The molecule has 0 spiro atoms. The molecule has 1 atom stereocenters. The van der Waals surface area contributed by atoms with E-state index >= 15 is 0 Å². The Morgan fingerprint density at radius 1 is 0.720 bits per heavy atom. The van der Waals surface area contributed by atoms with Crippen molar-refractivity contribution in [1.29, 1.82) is 0 Å². The molecule has 25 heavy (non-hydrogen) atoms. The van der Waals surface area contributed by atoms with Gasteiger partial charge in [-0.15, -0.1) is 0 Å². The van der Waals surface area contributed by atoms with Crippen LogP contribution in [0.5, 0.6) is 0 Å². The zero-order valence-electron chi connectivity index (χ0n) is 14.2. The fourth-order valence-corrected chi connectivity index (χ4v) is 3.17. The van der Waals surface area contributed by atoms with Gasteiger partial charge < -0.3 is 0 Å². The van der Waals surface area contributed by atoms with Gasteiger partial charge in [0, 0.05) is 12.1 Å². The van der Waals surface area contributed by atoms with Crippen LogP contribution in [-0.4, -0.2) is 6.54 Å². The lowest BCUT2D eigenvalue weighted by molar-refractivity contribution is -1.00. The number of hydrogen-bond acceptors (Lipinski definition) is 0. The second-order valence-electron chi connectivity index (χ2n) is 6.35. The lowest BCUT2D eigenvalue weighted by Crippen LogP contribution is -3.09. The van der Waals surface area contributed by atoms with Crippen molar-refractivity contribution in [3.63, 3.8) is 0 Å². The summed E-state index contributed by atoms with van der Waals surface area (Å²) in [6.45, 7) is 1.94. The number of nitrogens with one attached hydrogen (secondary N) is 1. The summed E-state index contributed by atoms with van der Waals surface area (Å²) in [6.07, 6.45) is 11.1. The normalized spacial score (nSPS) is 16.5. The Bertz CT molecular complexity index is 878. The van der Waals surface area contributed by atoms with Crippen LogP contribution in [0.15, 0.2) is 104 Å². The van der Waals surface area contributed by atoms with Crippen molar-refractivity contribution in [3.8, 4) is 11.1 Å². The molecule has 2 heterocycles. The smallest absolute Gasteiger partial charge is 0.250 e. The maximum absolute atomic E-state index is 2.32. The molecule has 1 aliphatic rings. The van der Waals surface area contributed by atoms with E-state index in [9.17, 15) is 0 Å². The van der Waals surface area contributed by atoms with E-state index < -0.39 is 0 Å². The minimum absolute atomic E-state index is 0.935. The first kappa shape index (κ1) is 15.6. The minimum Gasteiger partial charge on any atom is -0.250 e. The molecule has 3 aromatic rings. The fourth-order valence-electron chi connectivity index (χ4n) is 3.17. The zero-order valence-corrected chi connectivity index (χ0v) is 14.2. The van der Waals surface area contributed by atoms with Crippen LogP contribution in [0.2, 0.25) is 0 Å². The van der Waals surface area contributed by atoms with Gasteiger partial charge in [-0.25, -0.2) is 0 Å². The van der Waals surface area contributed by atoms with E-state index in [1.807, 2.05) is 0 Å². The van der Waals surface area contributed by atoms with E-state index in [1.54, 1.807) is 0 Å². The molecule has 2 heteroatoms. The van der Waals surface area contributed by atoms with Crippen molar-refractivity contribution in [2.75, 3.05) is 6.54 Å². The molecule has 0 saturated carbocycles. The maximum Gasteiger partial charge on any atom is 0.278 e. The van der Waals surface area contributed by atoms with Gasteiger partial charge in [-0.2, -0.15) is 4.57 Å². The lowest BCUT2D eigenvalue weighted by Gasteiger charge is -2.15. The fraction of sp³-hybridized carbons (Fsp3) is 0.0870. The maximum atomic E-state index is 2.32. The van der Waals surface area contributed by atoms with Crippen LogP contribution in [0.25, 0.3) is 16.7 Å². The first-order valence-electron chi connectivity index (χ1n) is 8.71. The Morgan fingerprint density at radius 3 is 1.92 bits per heavy atom. The van der Waals surface area contributed by atoms with Gasteiger partial charge in [-0.1, -0.05) is 60.7 Å². The summed E-state index contributed by atoms with van der Waals surface area (Å²) in [4.78, 5) is 1.43. The molecular weight excluding hydrogens is 304 g/mol. The topological polar surface area (TPSA) is 8.32 Å². The van der Waals surface area contributed by atoms with Crippen molar-refractivity contribution in [1.82, 2.24) is 0 Å². The predicted molar refractivity (Wildman–Crippen MR) is 101 cm³/mol. The van der Waals surface area contributed by atoms with Gasteiger partial charge in [0.05, 0.1) is 0 Å². The highest BCUT2D eigenvalue weighted by molar-refractivity contribution is 5.74. The first-order chi connectivity index (χ1) is 12.4. The van der Waals surface area contributed by atoms with E-state index in [1.165, 1.54) is 27.2 Å². The molecule has 1 N–H and O–H groups in total. The van der Waals surface area contributed by atoms with Gasteiger partial charge in [0.15, 0.2) is 12.4 Å². The summed E-state index contributed by atoms with van der Waals surface area (Å²) < 4.78 is 2.24. The second kappa shape index (κ2) is 7.29. The quantitative estimate of drug-likeness (QED) is 0.705. The average Bonchev–Trinajstić information content (AvgIpc) is 2.71. The summed E-state index contributed by atoms with van der Waals surface area (Å²) in [6, 6.07) is 25.5. The summed E-state index contributed by atoms with van der Waals surface area (Å²) in [7, 11) is 0. The van der Waals surface area contributed by atoms with Crippen LogP contribution in [0.3, 0.4) is 0 Å². The number of quaternary nitrogens is 1. The molecule has 0 radical (unpaired) electrons. The Kier molecular flexibility index (Phi) is 4.53. The van der Waals surface area contributed by atoms with Crippen LogP contribution in [0.4, 0.5) is 0 Å². The highest BCUT2D eigenvalue weighted by Gasteiger charge is 2.14. The molecule has 1 aromatic heterocycles. The number of pyridine rings is 1. The monoisotopic (exact) mass is 326 g/mol. The minimum atomic E-state index is 0.935. The van der Waals surface area contributed by atoms with Crippen LogP contribution < -0.4 is 9.47 Å². The first-order valence-corrected chi connectivity index (χ1v) is 8.71. The van der Waals surface area contributed by atoms with Crippen molar-refractivity contribution in [2.45, 2.75) is 6.67 Å². The Morgan fingerprint density at radius 2 is 1.32 bits per heavy atom. The van der Waals surface area contributed by atoms with E-state index in [4.69, 9.17) is 0 Å². The third-order valence-corrected chi connectivity index (χ3v) is 4.57. The second-order valence-corrected chi connectivity index (χ2v) is 6.35. The molecule has 2 aromatic carbocycles. The van der Waals surface area contributed by atoms with Gasteiger partial charge in [0.1, 0.15) is 12.7 Å². The number of allylic oxidation sites excluding steroid dienone is 2. The molecule has 0 saturated heterocycles. The van der Waals surface area contributed by atoms with Crippen LogP contribution in [-0.2, 0) is 6.67 Å². The number of benzene rings is 2. The number of rotatable bonds is 4. The molecule has 0 bridgehead atoms. The largest absolute Gasteiger partial charge is 0.278 e. The number of aromatic nitrogens is 1. The van der Waals surface area contributed by atoms with Crippen molar-refractivity contribution in [3.05, 3.63) is 109 Å². The van der Waals surface area contributed by atoms with E-state index in [0.717, 1.165) is 13.2 Å². The molecule has 1 aliphatic heterocycles. The van der Waals surface area contributed by atoms with Gasteiger partial charge in [-0.05, 0) is 34.4 Å². The van der Waals surface area contributed by atoms with Crippen LogP contribution in [0.1, 0.15) is 5.56 Å². The van der Waals surface area contributed by atoms with Crippen LogP contribution in [0, 0.1) is 0 Å². The highest BCUT2D eigenvalue weighted by atomic mass is 15.2.